The van der Waals surface area contributed by atoms with E-state index in [-0.39, 0.29) is 30.0 Å². The molecule has 4 nitrogen and oxygen atoms in total. The van der Waals surface area contributed by atoms with Crippen molar-refractivity contribution in [1.82, 2.24) is 15.3 Å². The second-order valence-corrected chi connectivity index (χ2v) is 7.98. The van der Waals surface area contributed by atoms with Gasteiger partial charge in [0.1, 0.15) is 5.82 Å². The lowest BCUT2D eigenvalue weighted by Crippen LogP contribution is -2.45. The molecule has 1 aliphatic carbocycles. The third-order valence-corrected chi connectivity index (χ3v) is 5.76. The van der Waals surface area contributed by atoms with E-state index in [4.69, 9.17) is 11.6 Å². The molecule has 1 aromatic carbocycles. The van der Waals surface area contributed by atoms with Gasteiger partial charge in [0.2, 0.25) is 5.92 Å². The summed E-state index contributed by atoms with van der Waals surface area (Å²) in [6, 6.07) is 3.76. The molecule has 0 spiro atoms. The van der Waals surface area contributed by atoms with Gasteiger partial charge >= 0.3 is 5.92 Å². The molecule has 0 radical (unpaired) electrons. The van der Waals surface area contributed by atoms with Crippen LogP contribution in [0.1, 0.15) is 54.4 Å². The summed E-state index contributed by atoms with van der Waals surface area (Å²) in [6.45, 7) is 0.571. The van der Waals surface area contributed by atoms with Crippen molar-refractivity contribution in [2.75, 3.05) is 6.54 Å². The average Bonchev–Trinajstić information content (AvgIpc) is 2.69. The van der Waals surface area contributed by atoms with Gasteiger partial charge in [-0.25, -0.2) is 23.1 Å². The SMILES string of the molecule is CC(F)(F)c1ncc(C2(CNC(=O)c3cccc(F)c3Cl)CCC(F)(F)CC2)cn1. The van der Waals surface area contributed by atoms with Crippen molar-refractivity contribution in [3.8, 4) is 0 Å². The second kappa shape index (κ2) is 8.09. The first-order chi connectivity index (χ1) is 13.9. The van der Waals surface area contributed by atoms with E-state index in [0.717, 1.165) is 6.07 Å². The fourth-order valence-corrected chi connectivity index (χ4v) is 3.73. The number of hydrogen-bond acceptors (Lipinski definition) is 3. The van der Waals surface area contributed by atoms with Gasteiger partial charge < -0.3 is 5.32 Å². The van der Waals surface area contributed by atoms with Crippen LogP contribution in [-0.4, -0.2) is 28.3 Å². The molecule has 162 valence electrons. The minimum absolute atomic E-state index is 0.0115. The minimum Gasteiger partial charge on any atom is -0.351 e. The molecule has 0 aliphatic heterocycles. The number of alkyl halides is 4. The van der Waals surface area contributed by atoms with Crippen LogP contribution >= 0.6 is 11.6 Å². The summed E-state index contributed by atoms with van der Waals surface area (Å²) in [4.78, 5) is 19.9. The van der Waals surface area contributed by atoms with E-state index in [0.29, 0.717) is 12.5 Å². The maximum atomic E-state index is 13.8. The first-order valence-electron chi connectivity index (χ1n) is 9.24. The van der Waals surface area contributed by atoms with Crippen LogP contribution in [-0.2, 0) is 11.3 Å². The number of halogens is 6. The largest absolute Gasteiger partial charge is 0.351 e. The summed E-state index contributed by atoms with van der Waals surface area (Å²) in [5.41, 5.74) is -0.694. The second-order valence-electron chi connectivity index (χ2n) is 7.60. The van der Waals surface area contributed by atoms with Gasteiger partial charge in [-0.15, -0.1) is 0 Å². The number of rotatable bonds is 5. The number of aromatic nitrogens is 2. The number of nitrogens with zero attached hydrogens (tertiary/aromatic N) is 2. The van der Waals surface area contributed by atoms with E-state index >= 15 is 0 Å². The van der Waals surface area contributed by atoms with E-state index in [2.05, 4.69) is 15.3 Å². The molecular formula is C20H19ClF5N3O. The molecule has 1 aromatic heterocycles. The molecular weight excluding hydrogens is 429 g/mol. The van der Waals surface area contributed by atoms with Crippen molar-refractivity contribution >= 4 is 17.5 Å². The molecule has 1 N–H and O–H groups in total. The van der Waals surface area contributed by atoms with Crippen molar-refractivity contribution < 1.29 is 26.7 Å². The lowest BCUT2D eigenvalue weighted by atomic mass is 9.69. The number of carbonyl (C=O) groups excluding carboxylic acids is 1. The van der Waals surface area contributed by atoms with E-state index in [1.807, 2.05) is 0 Å². The molecule has 30 heavy (non-hydrogen) atoms. The third-order valence-electron chi connectivity index (χ3n) is 5.38. The molecule has 1 heterocycles. The standard InChI is InChI=1S/C20H19ClF5N3O/c1-18(23,24)17-27-9-12(10-28-17)19(5-7-20(25,26)8-6-19)11-29-16(30)13-3-2-4-14(22)15(13)21/h2-4,9-10H,5-8,11H2,1H3,(H,29,30). The van der Waals surface area contributed by atoms with Crippen molar-refractivity contribution in [1.29, 1.82) is 0 Å². The molecule has 1 saturated carbocycles. The van der Waals surface area contributed by atoms with E-state index < -0.39 is 47.7 Å². The summed E-state index contributed by atoms with van der Waals surface area (Å²) in [7, 11) is 0. The molecule has 1 aliphatic rings. The van der Waals surface area contributed by atoms with Crippen LogP contribution in [0.3, 0.4) is 0 Å². The van der Waals surface area contributed by atoms with E-state index in [1.54, 1.807) is 0 Å². The number of benzene rings is 1. The van der Waals surface area contributed by atoms with Crippen molar-refractivity contribution in [2.24, 2.45) is 0 Å². The fraction of sp³-hybridized carbons (Fsp3) is 0.450. The molecule has 10 heteroatoms. The number of amides is 1. The average molecular weight is 448 g/mol. The summed E-state index contributed by atoms with van der Waals surface area (Å²) in [6.07, 6.45) is 1.48. The number of carbonyl (C=O) groups is 1. The molecule has 1 fully saturated rings. The van der Waals surface area contributed by atoms with Crippen LogP contribution in [0, 0.1) is 5.82 Å². The Labute approximate surface area is 174 Å². The maximum absolute atomic E-state index is 13.8. The Balaban J connectivity index is 1.86. The maximum Gasteiger partial charge on any atom is 0.303 e. The van der Waals surface area contributed by atoms with Crippen LogP contribution in [0.5, 0.6) is 0 Å². The Morgan fingerprint density at radius 1 is 1.17 bits per heavy atom. The van der Waals surface area contributed by atoms with Crippen molar-refractivity contribution in [3.63, 3.8) is 0 Å². The summed E-state index contributed by atoms with van der Waals surface area (Å²) in [5, 5.41) is 2.26. The first-order valence-corrected chi connectivity index (χ1v) is 9.62. The monoisotopic (exact) mass is 447 g/mol. The van der Waals surface area contributed by atoms with Gasteiger partial charge in [-0.1, -0.05) is 17.7 Å². The summed E-state index contributed by atoms with van der Waals surface area (Å²) in [5.74, 6) is -8.21. The molecule has 0 bridgehead atoms. The molecule has 1 amide bonds. The molecule has 3 rings (SSSR count). The Hall–Kier alpha value is -2.29. The van der Waals surface area contributed by atoms with E-state index in [9.17, 15) is 26.7 Å². The normalized spacial score (nSPS) is 18.1. The molecule has 0 saturated heterocycles. The molecule has 2 aromatic rings. The third kappa shape index (κ3) is 4.71. The van der Waals surface area contributed by atoms with Gasteiger partial charge in [0.05, 0.1) is 10.6 Å². The summed E-state index contributed by atoms with van der Waals surface area (Å²) >= 11 is 5.83. The molecule has 0 atom stereocenters. The van der Waals surface area contributed by atoms with Gasteiger partial charge in [0, 0.05) is 44.1 Å². The highest BCUT2D eigenvalue weighted by Crippen LogP contribution is 2.45. The zero-order valence-electron chi connectivity index (χ0n) is 16.0. The smallest absolute Gasteiger partial charge is 0.303 e. The van der Waals surface area contributed by atoms with Gasteiger partial charge in [-0.05, 0) is 30.5 Å². The molecule has 0 unspecified atom stereocenters. The number of nitrogens with one attached hydrogen (secondary N) is 1. The van der Waals surface area contributed by atoms with Crippen LogP contribution in [0.15, 0.2) is 30.6 Å². The Morgan fingerprint density at radius 3 is 2.33 bits per heavy atom. The van der Waals surface area contributed by atoms with Crippen molar-refractivity contribution in [2.45, 2.75) is 49.9 Å². The van der Waals surface area contributed by atoms with Gasteiger partial charge in [0.25, 0.3) is 5.91 Å². The quantitative estimate of drug-likeness (QED) is 0.636. The zero-order valence-corrected chi connectivity index (χ0v) is 16.7. The topological polar surface area (TPSA) is 54.9 Å². The first kappa shape index (κ1) is 22.4. The van der Waals surface area contributed by atoms with Crippen LogP contribution in [0.25, 0.3) is 0 Å². The van der Waals surface area contributed by atoms with Crippen LogP contribution in [0.2, 0.25) is 5.02 Å². The van der Waals surface area contributed by atoms with E-state index in [1.165, 1.54) is 24.5 Å². The minimum atomic E-state index is -3.24. The van der Waals surface area contributed by atoms with Gasteiger partial charge in [-0.3, -0.25) is 4.79 Å². The van der Waals surface area contributed by atoms with Crippen LogP contribution < -0.4 is 5.32 Å². The predicted molar refractivity (Wildman–Crippen MR) is 100 cm³/mol. The Bertz CT molecular complexity index is 921. The summed E-state index contributed by atoms with van der Waals surface area (Å²) < 4.78 is 68.0. The highest BCUT2D eigenvalue weighted by Gasteiger charge is 2.45. The zero-order chi connectivity index (χ0) is 22.2. The lowest BCUT2D eigenvalue weighted by molar-refractivity contribution is -0.0517. The lowest BCUT2D eigenvalue weighted by Gasteiger charge is -2.40. The fourth-order valence-electron chi connectivity index (χ4n) is 3.51. The van der Waals surface area contributed by atoms with Gasteiger partial charge in [0.15, 0.2) is 5.82 Å². The van der Waals surface area contributed by atoms with Crippen molar-refractivity contribution in [3.05, 3.63) is 58.4 Å². The predicted octanol–water partition coefficient (Wildman–Crippen LogP) is 5.26. The number of hydrogen-bond donors (Lipinski definition) is 1. The highest BCUT2D eigenvalue weighted by molar-refractivity contribution is 6.34. The Morgan fingerprint density at radius 2 is 1.77 bits per heavy atom. The van der Waals surface area contributed by atoms with Crippen LogP contribution in [0.4, 0.5) is 22.0 Å². The highest BCUT2D eigenvalue weighted by atomic mass is 35.5. The van der Waals surface area contributed by atoms with Gasteiger partial charge in [-0.2, -0.15) is 8.78 Å². The Kier molecular flexibility index (Phi) is 6.04.